The second kappa shape index (κ2) is 7.40. The van der Waals surface area contributed by atoms with Crippen LogP contribution in [0.2, 0.25) is 0 Å². The predicted molar refractivity (Wildman–Crippen MR) is 111 cm³/mol. The summed E-state index contributed by atoms with van der Waals surface area (Å²) in [5, 5.41) is 2.56. The molecular formula is C20H20N3O5S+. The molecule has 0 bridgehead atoms. The largest absolute Gasteiger partial charge is 0.422 e. The monoisotopic (exact) mass is 414 g/mol. The third-order valence-corrected chi connectivity index (χ3v) is 6.38. The summed E-state index contributed by atoms with van der Waals surface area (Å²) in [7, 11) is 0. The number of hydrogen-bond donors (Lipinski definition) is 1. The minimum atomic E-state index is -0.756. The van der Waals surface area contributed by atoms with E-state index in [0.29, 0.717) is 11.0 Å². The molecule has 0 radical (unpaired) electrons. The maximum Gasteiger partial charge on any atom is 0.349 e. The number of fused-ring (bicyclic) bond motifs is 2. The highest BCUT2D eigenvalue weighted by Gasteiger charge is 2.70. The number of imide groups is 1. The van der Waals surface area contributed by atoms with E-state index in [4.69, 9.17) is 4.42 Å². The average Bonchev–Trinajstić information content (AvgIpc) is 3.47. The summed E-state index contributed by atoms with van der Waals surface area (Å²) in [4.78, 5) is 51.5. The number of benzene rings is 1. The first-order chi connectivity index (χ1) is 13.9. The van der Waals surface area contributed by atoms with Crippen molar-refractivity contribution in [2.75, 3.05) is 18.0 Å². The number of nitrogens with zero attached hydrogens (tertiary/aromatic N) is 2. The molecule has 9 heteroatoms. The topological polar surface area (TPSA) is 99.9 Å². The van der Waals surface area contributed by atoms with Crippen molar-refractivity contribution < 1.29 is 18.8 Å². The zero-order valence-corrected chi connectivity index (χ0v) is 16.8. The fourth-order valence-electron chi connectivity index (χ4n) is 3.37. The average molecular weight is 414 g/mol. The molecule has 3 amide bonds. The van der Waals surface area contributed by atoms with E-state index < -0.39 is 11.5 Å². The summed E-state index contributed by atoms with van der Waals surface area (Å²) < 4.78 is 5.34. The molecule has 3 heterocycles. The number of thiol groups is 1. The van der Waals surface area contributed by atoms with E-state index in [9.17, 15) is 19.2 Å². The zero-order chi connectivity index (χ0) is 20.7. The van der Waals surface area contributed by atoms with E-state index >= 15 is 0 Å². The number of anilines is 1. The van der Waals surface area contributed by atoms with Gasteiger partial charge in [0.05, 0.1) is 0 Å². The van der Waals surface area contributed by atoms with Crippen LogP contribution in [0.1, 0.15) is 24.2 Å². The maximum atomic E-state index is 12.4. The smallest absolute Gasteiger partial charge is 0.349 e. The predicted octanol–water partition coefficient (Wildman–Crippen LogP) is 0.775. The van der Waals surface area contributed by atoms with Crippen molar-refractivity contribution in [3.8, 4) is 0 Å². The van der Waals surface area contributed by atoms with Crippen molar-refractivity contribution in [1.82, 2.24) is 10.2 Å². The van der Waals surface area contributed by atoms with Crippen LogP contribution >= 0.6 is 0 Å². The molecule has 2 aromatic rings. The first-order valence-corrected chi connectivity index (χ1v) is 10.3. The highest BCUT2D eigenvalue weighted by molar-refractivity contribution is 7.90. The highest BCUT2D eigenvalue weighted by atomic mass is 32.2. The number of hydrogen-bond acceptors (Lipinski definition) is 6. The van der Waals surface area contributed by atoms with E-state index in [1.807, 2.05) is 19.9 Å². The Morgan fingerprint density at radius 3 is 2.52 bits per heavy atom. The molecule has 0 saturated carbocycles. The SMILES string of the molecule is CCN(CC)c1ccc2cc(C(=O)N/C=C\N3C(=O)[C@H]4[SH+][C@H]4C3=O)c(=O)oc2c1. The molecule has 2 aliphatic heterocycles. The molecule has 0 spiro atoms. The van der Waals surface area contributed by atoms with Crippen molar-refractivity contribution in [2.45, 2.75) is 24.3 Å². The van der Waals surface area contributed by atoms with Gasteiger partial charge in [0.2, 0.25) is 0 Å². The first kappa shape index (κ1) is 19.3. The second-order valence-corrected chi connectivity index (χ2v) is 8.13. The van der Waals surface area contributed by atoms with Crippen LogP contribution in [0.15, 0.2) is 45.9 Å². The maximum absolute atomic E-state index is 12.4. The van der Waals surface area contributed by atoms with E-state index in [2.05, 4.69) is 10.2 Å². The lowest BCUT2D eigenvalue weighted by atomic mass is 10.1. The summed E-state index contributed by atoms with van der Waals surface area (Å²) in [5.41, 5.74) is 0.424. The Labute approximate surface area is 170 Å². The van der Waals surface area contributed by atoms with Gasteiger partial charge in [0.15, 0.2) is 0 Å². The minimum absolute atomic E-state index is 0.154. The standard InChI is InChI=1S/C20H19N3O5S/c1-3-22(4-2)12-6-5-11-9-13(20(27)28-14(11)10-12)17(24)21-7-8-23-18(25)15-16(29-15)19(23)26/h5-10,15-16H,3-4H2,1-2H3,(H,21,24)/p+1/b8-7-/t15-,16+. The van der Waals surface area contributed by atoms with Gasteiger partial charge in [-0.15, -0.1) is 0 Å². The summed E-state index contributed by atoms with van der Waals surface area (Å²) in [6.07, 6.45) is 2.41. The van der Waals surface area contributed by atoms with Gasteiger partial charge in [-0.1, -0.05) is 0 Å². The zero-order valence-electron chi connectivity index (χ0n) is 15.9. The third kappa shape index (κ3) is 3.42. The molecule has 1 N–H and O–H groups in total. The van der Waals surface area contributed by atoms with Gasteiger partial charge in [0, 0.05) is 54.4 Å². The highest BCUT2D eigenvalue weighted by Crippen LogP contribution is 2.34. The second-order valence-electron chi connectivity index (χ2n) is 6.72. The first-order valence-electron chi connectivity index (χ1n) is 9.31. The van der Waals surface area contributed by atoms with Gasteiger partial charge in [0.1, 0.15) is 11.1 Å². The Bertz CT molecular complexity index is 1080. The lowest BCUT2D eigenvalue weighted by Crippen LogP contribution is -2.31. The van der Waals surface area contributed by atoms with Gasteiger partial charge >= 0.3 is 5.63 Å². The summed E-state index contributed by atoms with van der Waals surface area (Å²) >= 11 is 0.851. The molecule has 1 aromatic heterocycles. The Kier molecular flexibility index (Phi) is 4.91. The van der Waals surface area contributed by atoms with Gasteiger partial charge in [-0.3, -0.25) is 14.4 Å². The molecule has 1 aromatic carbocycles. The molecule has 2 saturated heterocycles. The van der Waals surface area contributed by atoms with Crippen LogP contribution in [0.3, 0.4) is 0 Å². The Balaban J connectivity index is 1.51. The van der Waals surface area contributed by atoms with Crippen LogP contribution in [-0.2, 0) is 21.4 Å². The number of nitrogens with one attached hydrogen (secondary N) is 1. The van der Waals surface area contributed by atoms with Crippen molar-refractivity contribution in [2.24, 2.45) is 0 Å². The Morgan fingerprint density at radius 2 is 1.86 bits per heavy atom. The number of amides is 3. The van der Waals surface area contributed by atoms with Gasteiger partial charge in [-0.05, 0) is 32.0 Å². The van der Waals surface area contributed by atoms with Crippen LogP contribution < -0.4 is 15.8 Å². The molecule has 2 atom stereocenters. The van der Waals surface area contributed by atoms with Crippen LogP contribution in [0, 0.1) is 0 Å². The molecular weight excluding hydrogens is 394 g/mol. The Morgan fingerprint density at radius 1 is 1.17 bits per heavy atom. The molecule has 2 fully saturated rings. The quantitative estimate of drug-likeness (QED) is 0.246. The van der Waals surface area contributed by atoms with Gasteiger partial charge < -0.3 is 14.6 Å². The molecule has 2 aliphatic rings. The van der Waals surface area contributed by atoms with Gasteiger partial charge in [-0.2, -0.15) is 0 Å². The fraction of sp³-hybridized carbons (Fsp3) is 0.300. The molecule has 150 valence electrons. The van der Waals surface area contributed by atoms with Crippen LogP contribution in [-0.4, -0.2) is 46.2 Å². The van der Waals surface area contributed by atoms with Crippen molar-refractivity contribution in [1.29, 1.82) is 0 Å². The number of carbonyl (C=O) groups is 3. The van der Waals surface area contributed by atoms with E-state index in [1.54, 1.807) is 12.1 Å². The number of carbonyl (C=O) groups excluding carboxylic acids is 3. The normalized spacial score (nSPS) is 20.4. The minimum Gasteiger partial charge on any atom is -0.422 e. The summed E-state index contributed by atoms with van der Waals surface area (Å²) in [5.74, 6) is -1.20. The summed E-state index contributed by atoms with van der Waals surface area (Å²) in [6, 6.07) is 6.95. The molecule has 0 unspecified atom stereocenters. The van der Waals surface area contributed by atoms with Crippen LogP contribution in [0.25, 0.3) is 11.0 Å². The Hall–Kier alpha value is -3.07. The van der Waals surface area contributed by atoms with Crippen LogP contribution in [0.4, 0.5) is 5.69 Å². The lowest BCUT2D eigenvalue weighted by Gasteiger charge is -2.20. The third-order valence-electron chi connectivity index (χ3n) is 5.04. The van der Waals surface area contributed by atoms with Crippen molar-refractivity contribution >= 4 is 46.1 Å². The lowest BCUT2D eigenvalue weighted by molar-refractivity contribution is -0.135. The molecule has 0 aliphatic carbocycles. The van der Waals surface area contributed by atoms with Crippen molar-refractivity contribution in [3.05, 3.63) is 52.6 Å². The molecule has 4 rings (SSSR count). The number of rotatable bonds is 6. The van der Waals surface area contributed by atoms with Gasteiger partial charge in [0.25, 0.3) is 28.2 Å². The fourth-order valence-corrected chi connectivity index (χ4v) is 4.38. The van der Waals surface area contributed by atoms with Gasteiger partial charge in [-0.25, -0.2) is 9.69 Å². The summed E-state index contributed by atoms with van der Waals surface area (Å²) in [6.45, 7) is 5.72. The van der Waals surface area contributed by atoms with Crippen molar-refractivity contribution in [3.63, 3.8) is 0 Å². The van der Waals surface area contributed by atoms with E-state index in [-0.39, 0.29) is 27.9 Å². The number of likely N-dealkylation sites (tertiary alicyclic amines) is 1. The molecule has 29 heavy (non-hydrogen) atoms. The van der Waals surface area contributed by atoms with E-state index in [0.717, 1.165) is 35.4 Å². The van der Waals surface area contributed by atoms with E-state index in [1.165, 1.54) is 18.5 Å². The van der Waals surface area contributed by atoms with Crippen LogP contribution in [0.5, 0.6) is 0 Å². The molecule has 8 nitrogen and oxygen atoms in total.